The minimum absolute atomic E-state index is 0.302. The van der Waals surface area contributed by atoms with E-state index in [9.17, 15) is 4.79 Å². The minimum atomic E-state index is 0.302. The number of hydrogen-bond acceptors (Lipinski definition) is 1. The van der Waals surface area contributed by atoms with E-state index in [1.54, 1.807) is 0 Å². The highest BCUT2D eigenvalue weighted by Gasteiger charge is 2.34. The maximum atomic E-state index is 12.9. The molecule has 3 heteroatoms. The van der Waals surface area contributed by atoms with Crippen LogP contribution in [-0.4, -0.2) is 23.9 Å². The highest BCUT2D eigenvalue weighted by atomic mass is 79.9. The van der Waals surface area contributed by atoms with Crippen LogP contribution in [0.5, 0.6) is 0 Å². The van der Waals surface area contributed by atoms with E-state index >= 15 is 0 Å². The number of likely N-dealkylation sites (tertiary alicyclic amines) is 1. The van der Waals surface area contributed by atoms with Gasteiger partial charge in [-0.2, -0.15) is 0 Å². The molecule has 2 unspecified atom stereocenters. The third kappa shape index (κ3) is 4.04. The first kappa shape index (κ1) is 18.0. The molecule has 1 fully saturated rings. The lowest BCUT2D eigenvalue weighted by Crippen LogP contribution is -2.32. The smallest absolute Gasteiger partial charge is 0.223 e. The molecule has 1 heterocycles. The Balaban J connectivity index is 1.69. The van der Waals surface area contributed by atoms with E-state index in [1.807, 2.05) is 0 Å². The predicted octanol–water partition coefficient (Wildman–Crippen LogP) is 5.54. The summed E-state index contributed by atoms with van der Waals surface area (Å²) in [7, 11) is 0. The van der Waals surface area contributed by atoms with Gasteiger partial charge in [0.25, 0.3) is 0 Å². The zero-order valence-corrected chi connectivity index (χ0v) is 16.9. The zero-order chi connectivity index (χ0) is 17.3. The molecule has 0 N–H and O–H groups in total. The van der Waals surface area contributed by atoms with Crippen LogP contribution in [0.25, 0.3) is 0 Å². The Kier molecular flexibility index (Phi) is 5.39. The molecule has 1 aromatic carbocycles. The Hall–Kier alpha value is -0.830. The van der Waals surface area contributed by atoms with Gasteiger partial charge in [-0.1, -0.05) is 49.2 Å². The van der Waals surface area contributed by atoms with Crippen LogP contribution >= 0.6 is 15.9 Å². The van der Waals surface area contributed by atoms with E-state index in [4.69, 9.17) is 0 Å². The van der Waals surface area contributed by atoms with Crippen molar-refractivity contribution in [2.24, 2.45) is 11.3 Å². The Labute approximate surface area is 155 Å². The number of carbonyl (C=O) groups is 1. The summed E-state index contributed by atoms with van der Waals surface area (Å²) in [5.74, 6) is 1.40. The van der Waals surface area contributed by atoms with Gasteiger partial charge in [0.05, 0.1) is 0 Å². The lowest BCUT2D eigenvalue weighted by Gasteiger charge is -2.27. The Morgan fingerprint density at radius 1 is 1.25 bits per heavy atom. The van der Waals surface area contributed by atoms with Crippen LogP contribution in [0.2, 0.25) is 0 Å². The molecule has 0 spiro atoms. The monoisotopic (exact) mass is 391 g/mol. The first-order valence-electron chi connectivity index (χ1n) is 9.40. The molecular weight excluding hydrogens is 362 g/mol. The Morgan fingerprint density at radius 3 is 2.75 bits per heavy atom. The molecule has 1 amide bonds. The number of amides is 1. The second kappa shape index (κ2) is 7.19. The zero-order valence-electron chi connectivity index (χ0n) is 15.3. The van der Waals surface area contributed by atoms with Crippen molar-refractivity contribution < 1.29 is 4.79 Å². The number of halogens is 1. The summed E-state index contributed by atoms with van der Waals surface area (Å²) in [6.07, 6.45) is 6.61. The lowest BCUT2D eigenvalue weighted by atomic mass is 9.80. The number of hydrogen-bond donors (Lipinski definition) is 0. The van der Waals surface area contributed by atoms with Crippen LogP contribution in [0, 0.1) is 11.3 Å². The normalized spacial score (nSPS) is 24.6. The first-order valence-corrected chi connectivity index (χ1v) is 10.2. The average molecular weight is 392 g/mol. The minimum Gasteiger partial charge on any atom is -0.342 e. The summed E-state index contributed by atoms with van der Waals surface area (Å²) in [4.78, 5) is 15.0. The molecule has 1 aliphatic carbocycles. The summed E-state index contributed by atoms with van der Waals surface area (Å²) in [5.41, 5.74) is 3.15. The SMILES string of the molecule is CC(C)(C)C1CCN(C(=O)CC2CCCCc3cc(Br)ccc32)C1. The maximum absolute atomic E-state index is 12.9. The van der Waals surface area contributed by atoms with Gasteiger partial charge >= 0.3 is 0 Å². The third-order valence-electron chi connectivity index (χ3n) is 5.98. The number of fused-ring (bicyclic) bond motifs is 1. The molecule has 1 saturated heterocycles. The number of aryl methyl sites for hydroxylation is 1. The van der Waals surface area contributed by atoms with Crippen LogP contribution in [0.15, 0.2) is 22.7 Å². The van der Waals surface area contributed by atoms with Gasteiger partial charge in [-0.05, 0) is 66.2 Å². The number of benzene rings is 1. The molecule has 24 heavy (non-hydrogen) atoms. The van der Waals surface area contributed by atoms with Crippen molar-refractivity contribution in [1.29, 1.82) is 0 Å². The van der Waals surface area contributed by atoms with Crippen molar-refractivity contribution in [3.63, 3.8) is 0 Å². The van der Waals surface area contributed by atoms with Gasteiger partial charge in [0.15, 0.2) is 0 Å². The van der Waals surface area contributed by atoms with Gasteiger partial charge in [-0.3, -0.25) is 4.79 Å². The van der Waals surface area contributed by atoms with Gasteiger partial charge in [-0.25, -0.2) is 0 Å². The standard InChI is InChI=1S/C21H30BrNO/c1-21(2,3)17-10-11-23(14-17)20(24)13-16-7-5-4-6-15-12-18(22)8-9-19(15)16/h8-9,12,16-17H,4-7,10-11,13-14H2,1-3H3. The highest BCUT2D eigenvalue weighted by Crippen LogP contribution is 2.37. The van der Waals surface area contributed by atoms with Gasteiger partial charge in [-0.15, -0.1) is 0 Å². The summed E-state index contributed by atoms with van der Waals surface area (Å²) >= 11 is 3.59. The van der Waals surface area contributed by atoms with E-state index in [0.717, 1.165) is 36.8 Å². The van der Waals surface area contributed by atoms with Gasteiger partial charge in [0, 0.05) is 24.0 Å². The van der Waals surface area contributed by atoms with Crippen LogP contribution in [0.1, 0.15) is 69.9 Å². The molecule has 0 bridgehead atoms. The fourth-order valence-corrected chi connectivity index (χ4v) is 4.70. The second-order valence-corrected chi connectivity index (χ2v) is 9.60. The van der Waals surface area contributed by atoms with E-state index in [0.29, 0.717) is 29.6 Å². The van der Waals surface area contributed by atoms with Crippen molar-refractivity contribution in [2.75, 3.05) is 13.1 Å². The Bertz CT molecular complexity index is 604. The van der Waals surface area contributed by atoms with Crippen molar-refractivity contribution in [2.45, 2.75) is 65.2 Å². The number of rotatable bonds is 2. The topological polar surface area (TPSA) is 20.3 Å². The molecular formula is C21H30BrNO. The van der Waals surface area contributed by atoms with Crippen molar-refractivity contribution in [3.8, 4) is 0 Å². The van der Waals surface area contributed by atoms with Gasteiger partial charge in [0.2, 0.25) is 5.91 Å². The molecule has 2 nitrogen and oxygen atoms in total. The molecule has 0 radical (unpaired) electrons. The van der Waals surface area contributed by atoms with E-state index in [2.05, 4.69) is 59.8 Å². The van der Waals surface area contributed by atoms with Crippen LogP contribution in [0.3, 0.4) is 0 Å². The highest BCUT2D eigenvalue weighted by molar-refractivity contribution is 9.10. The molecule has 0 aromatic heterocycles. The van der Waals surface area contributed by atoms with Crippen LogP contribution in [-0.2, 0) is 11.2 Å². The van der Waals surface area contributed by atoms with E-state index in [1.165, 1.54) is 24.0 Å². The van der Waals surface area contributed by atoms with Gasteiger partial charge < -0.3 is 4.90 Å². The van der Waals surface area contributed by atoms with E-state index in [-0.39, 0.29) is 0 Å². The molecule has 3 rings (SSSR count). The van der Waals surface area contributed by atoms with Crippen LogP contribution < -0.4 is 0 Å². The summed E-state index contributed by atoms with van der Waals surface area (Å²) < 4.78 is 1.15. The molecule has 2 atom stereocenters. The molecule has 132 valence electrons. The molecule has 1 aromatic rings. The van der Waals surface area contributed by atoms with Crippen molar-refractivity contribution in [1.82, 2.24) is 4.90 Å². The molecule has 0 saturated carbocycles. The van der Waals surface area contributed by atoms with Gasteiger partial charge in [0.1, 0.15) is 0 Å². The van der Waals surface area contributed by atoms with Crippen LogP contribution in [0.4, 0.5) is 0 Å². The quantitative estimate of drug-likeness (QED) is 0.605. The number of carbonyl (C=O) groups excluding carboxylic acids is 1. The second-order valence-electron chi connectivity index (χ2n) is 8.68. The largest absolute Gasteiger partial charge is 0.342 e. The fraction of sp³-hybridized carbons (Fsp3) is 0.667. The number of nitrogens with zero attached hydrogens (tertiary/aromatic N) is 1. The molecule has 1 aliphatic heterocycles. The van der Waals surface area contributed by atoms with Crippen molar-refractivity contribution in [3.05, 3.63) is 33.8 Å². The summed E-state index contributed by atoms with van der Waals surface area (Å²) in [5, 5.41) is 0. The lowest BCUT2D eigenvalue weighted by molar-refractivity contribution is -0.130. The Morgan fingerprint density at radius 2 is 2.04 bits per heavy atom. The summed E-state index contributed by atoms with van der Waals surface area (Å²) in [6.45, 7) is 8.78. The molecule has 2 aliphatic rings. The first-order chi connectivity index (χ1) is 11.3. The average Bonchev–Trinajstić information content (AvgIpc) is 2.93. The van der Waals surface area contributed by atoms with Crippen molar-refractivity contribution >= 4 is 21.8 Å². The maximum Gasteiger partial charge on any atom is 0.223 e. The fourth-order valence-electron chi connectivity index (χ4n) is 4.30. The third-order valence-corrected chi connectivity index (χ3v) is 6.47. The van der Waals surface area contributed by atoms with E-state index < -0.39 is 0 Å². The predicted molar refractivity (Wildman–Crippen MR) is 103 cm³/mol. The summed E-state index contributed by atoms with van der Waals surface area (Å²) in [6, 6.07) is 6.63.